The Hall–Kier alpha value is -3.71. The first-order valence-electron chi connectivity index (χ1n) is 11.1. The van der Waals surface area contributed by atoms with Crippen LogP contribution in [0.5, 0.6) is 5.75 Å². The molecule has 0 saturated carbocycles. The highest BCUT2D eigenvalue weighted by molar-refractivity contribution is 7.90. The van der Waals surface area contributed by atoms with Gasteiger partial charge in [-0.15, -0.1) is 0 Å². The van der Waals surface area contributed by atoms with Gasteiger partial charge in [-0.25, -0.2) is 8.42 Å². The second-order valence-electron chi connectivity index (χ2n) is 8.11. The number of hydrogen-bond donors (Lipinski definition) is 1. The third-order valence-corrected chi connectivity index (χ3v) is 6.64. The lowest BCUT2D eigenvalue weighted by Crippen LogP contribution is -2.32. The molecule has 1 heterocycles. The molecule has 0 bridgehead atoms. The SMILES string of the molecule is CCCC(Oc1ccc2ccncc2c1)C(=O)Nc1ccc(-c2ccccc2S(C)(=O)=O)cc1. The molecule has 3 aromatic carbocycles. The highest BCUT2D eigenvalue weighted by atomic mass is 32.2. The number of ether oxygens (including phenoxy) is 1. The van der Waals surface area contributed by atoms with Crippen LogP contribution in [0.15, 0.2) is 90.1 Å². The second-order valence-corrected chi connectivity index (χ2v) is 10.1. The van der Waals surface area contributed by atoms with Crippen molar-refractivity contribution in [2.24, 2.45) is 0 Å². The van der Waals surface area contributed by atoms with Crippen molar-refractivity contribution in [2.75, 3.05) is 11.6 Å². The number of carbonyl (C=O) groups excluding carboxylic acids is 1. The summed E-state index contributed by atoms with van der Waals surface area (Å²) < 4.78 is 30.3. The Morgan fingerprint density at radius 3 is 2.50 bits per heavy atom. The fourth-order valence-corrected chi connectivity index (χ4v) is 4.70. The summed E-state index contributed by atoms with van der Waals surface area (Å²) in [6.45, 7) is 2.00. The molecule has 0 aliphatic rings. The zero-order chi connectivity index (χ0) is 24.1. The quantitative estimate of drug-likeness (QED) is 0.365. The van der Waals surface area contributed by atoms with E-state index in [9.17, 15) is 13.2 Å². The Morgan fingerprint density at radius 2 is 1.76 bits per heavy atom. The van der Waals surface area contributed by atoms with Crippen molar-refractivity contribution in [3.05, 3.63) is 85.2 Å². The average molecular weight is 475 g/mol. The molecule has 1 aromatic heterocycles. The molecule has 6 nitrogen and oxygen atoms in total. The Labute approximate surface area is 199 Å². The number of benzene rings is 3. The molecule has 1 N–H and O–H groups in total. The first kappa shape index (κ1) is 23.4. The van der Waals surface area contributed by atoms with E-state index in [0.29, 0.717) is 23.4 Å². The maximum absolute atomic E-state index is 13.0. The van der Waals surface area contributed by atoms with Gasteiger partial charge < -0.3 is 10.1 Å². The van der Waals surface area contributed by atoms with E-state index in [1.54, 1.807) is 60.9 Å². The Bertz CT molecular complexity index is 1420. The number of sulfone groups is 1. The van der Waals surface area contributed by atoms with Crippen LogP contribution in [0.2, 0.25) is 0 Å². The van der Waals surface area contributed by atoms with Crippen molar-refractivity contribution in [1.82, 2.24) is 4.98 Å². The molecule has 0 radical (unpaired) electrons. The van der Waals surface area contributed by atoms with Crippen molar-refractivity contribution < 1.29 is 17.9 Å². The molecule has 1 unspecified atom stereocenters. The van der Waals surface area contributed by atoms with E-state index in [4.69, 9.17) is 4.74 Å². The number of amides is 1. The molecule has 0 aliphatic carbocycles. The summed E-state index contributed by atoms with van der Waals surface area (Å²) in [6, 6.07) is 21.6. The van der Waals surface area contributed by atoms with Gasteiger partial charge in [-0.2, -0.15) is 0 Å². The highest BCUT2D eigenvalue weighted by Gasteiger charge is 2.20. The number of hydrogen-bond acceptors (Lipinski definition) is 5. The lowest BCUT2D eigenvalue weighted by Gasteiger charge is -2.19. The smallest absolute Gasteiger partial charge is 0.265 e. The predicted octanol–water partition coefficient (Wildman–Crippen LogP) is 5.49. The summed E-state index contributed by atoms with van der Waals surface area (Å²) in [5.74, 6) is 0.374. The lowest BCUT2D eigenvalue weighted by atomic mass is 10.1. The predicted molar refractivity (Wildman–Crippen MR) is 135 cm³/mol. The van der Waals surface area contributed by atoms with E-state index in [1.807, 2.05) is 31.2 Å². The Kier molecular flexibility index (Phi) is 6.93. The molecule has 4 rings (SSSR count). The molecule has 0 fully saturated rings. The Morgan fingerprint density at radius 1 is 1.00 bits per heavy atom. The third-order valence-electron chi connectivity index (χ3n) is 5.48. The summed E-state index contributed by atoms with van der Waals surface area (Å²) in [7, 11) is -3.36. The highest BCUT2D eigenvalue weighted by Crippen LogP contribution is 2.28. The molecule has 7 heteroatoms. The van der Waals surface area contributed by atoms with Crippen LogP contribution in [0.3, 0.4) is 0 Å². The molecule has 0 aliphatic heterocycles. The largest absolute Gasteiger partial charge is 0.481 e. The first-order valence-corrected chi connectivity index (χ1v) is 12.9. The van der Waals surface area contributed by atoms with Crippen LogP contribution in [-0.2, 0) is 14.6 Å². The monoisotopic (exact) mass is 474 g/mol. The standard InChI is InChI=1S/C27H26N2O4S/c1-3-6-25(33-23-14-11-19-15-16-28-18-21(19)17-23)27(30)29-22-12-9-20(10-13-22)24-7-4-5-8-26(24)34(2,31)32/h4-5,7-18,25H,3,6H2,1-2H3,(H,29,30). The van der Waals surface area contributed by atoms with Crippen LogP contribution < -0.4 is 10.1 Å². The maximum atomic E-state index is 13.0. The van der Waals surface area contributed by atoms with Crippen molar-refractivity contribution in [3.8, 4) is 16.9 Å². The van der Waals surface area contributed by atoms with Crippen molar-refractivity contribution in [2.45, 2.75) is 30.8 Å². The molecule has 1 atom stereocenters. The van der Waals surface area contributed by atoms with Gasteiger partial charge in [0.2, 0.25) is 0 Å². The summed E-state index contributed by atoms with van der Waals surface area (Å²) in [5, 5.41) is 4.91. The van der Waals surface area contributed by atoms with Crippen molar-refractivity contribution >= 4 is 32.2 Å². The van der Waals surface area contributed by atoms with Gasteiger partial charge in [0.15, 0.2) is 15.9 Å². The van der Waals surface area contributed by atoms with E-state index in [0.717, 1.165) is 22.8 Å². The number of nitrogens with zero attached hydrogens (tertiary/aromatic N) is 1. The molecule has 0 saturated heterocycles. The number of aromatic nitrogens is 1. The average Bonchev–Trinajstić information content (AvgIpc) is 2.83. The topological polar surface area (TPSA) is 85.4 Å². The number of rotatable bonds is 8. The molecule has 1 amide bonds. The molecule has 174 valence electrons. The first-order chi connectivity index (χ1) is 16.3. The summed E-state index contributed by atoms with van der Waals surface area (Å²) in [4.78, 5) is 17.4. The minimum atomic E-state index is -3.36. The molecule has 34 heavy (non-hydrogen) atoms. The maximum Gasteiger partial charge on any atom is 0.265 e. The molecule has 4 aromatic rings. The lowest BCUT2D eigenvalue weighted by molar-refractivity contribution is -0.123. The van der Waals surface area contributed by atoms with Crippen LogP contribution in [-0.4, -0.2) is 31.7 Å². The zero-order valence-electron chi connectivity index (χ0n) is 19.1. The number of fused-ring (bicyclic) bond motifs is 1. The number of nitrogens with one attached hydrogen (secondary N) is 1. The van der Waals surface area contributed by atoms with Crippen LogP contribution in [0.25, 0.3) is 21.9 Å². The van der Waals surface area contributed by atoms with Gasteiger partial charge in [0.05, 0.1) is 4.90 Å². The number of carbonyl (C=O) groups is 1. The van der Waals surface area contributed by atoms with Gasteiger partial charge in [0.1, 0.15) is 5.75 Å². The van der Waals surface area contributed by atoms with Crippen molar-refractivity contribution in [1.29, 1.82) is 0 Å². The van der Waals surface area contributed by atoms with Crippen molar-refractivity contribution in [3.63, 3.8) is 0 Å². The minimum absolute atomic E-state index is 0.239. The summed E-state index contributed by atoms with van der Waals surface area (Å²) in [5.41, 5.74) is 1.99. The van der Waals surface area contributed by atoms with Gasteiger partial charge in [-0.05, 0) is 53.8 Å². The molecular formula is C27H26N2O4S. The van der Waals surface area contributed by atoms with Crippen LogP contribution in [0, 0.1) is 0 Å². The second kappa shape index (κ2) is 10.1. The summed E-state index contributed by atoms with van der Waals surface area (Å²) >= 11 is 0. The van der Waals surface area contributed by atoms with Gasteiger partial charge in [0, 0.05) is 35.3 Å². The number of anilines is 1. The fraction of sp³-hybridized carbons (Fsp3) is 0.185. The van der Waals surface area contributed by atoms with E-state index >= 15 is 0 Å². The van der Waals surface area contributed by atoms with Crippen LogP contribution in [0.4, 0.5) is 5.69 Å². The van der Waals surface area contributed by atoms with E-state index in [1.165, 1.54) is 6.26 Å². The Balaban J connectivity index is 1.50. The van der Waals surface area contributed by atoms with E-state index < -0.39 is 15.9 Å². The zero-order valence-corrected chi connectivity index (χ0v) is 19.9. The van der Waals surface area contributed by atoms with E-state index in [-0.39, 0.29) is 10.8 Å². The molecular weight excluding hydrogens is 448 g/mol. The van der Waals surface area contributed by atoms with E-state index in [2.05, 4.69) is 10.3 Å². The summed E-state index contributed by atoms with van der Waals surface area (Å²) in [6.07, 6.45) is 5.40. The number of pyridine rings is 1. The molecule has 0 spiro atoms. The van der Waals surface area contributed by atoms with Crippen LogP contribution in [0.1, 0.15) is 19.8 Å². The van der Waals surface area contributed by atoms with Gasteiger partial charge >= 0.3 is 0 Å². The minimum Gasteiger partial charge on any atom is -0.481 e. The van der Waals surface area contributed by atoms with Gasteiger partial charge in [0.25, 0.3) is 5.91 Å². The van der Waals surface area contributed by atoms with Crippen LogP contribution >= 0.6 is 0 Å². The van der Waals surface area contributed by atoms with Gasteiger partial charge in [-0.1, -0.05) is 49.7 Å². The fourth-order valence-electron chi connectivity index (χ4n) is 3.79. The van der Waals surface area contributed by atoms with Gasteiger partial charge in [-0.3, -0.25) is 9.78 Å². The third kappa shape index (κ3) is 5.43. The normalized spacial score (nSPS) is 12.3.